The zero-order valence-electron chi connectivity index (χ0n) is 14.5. The summed E-state index contributed by atoms with van der Waals surface area (Å²) in [6, 6.07) is 6.03. The third-order valence-corrected chi connectivity index (χ3v) is 3.22. The van der Waals surface area contributed by atoms with Gasteiger partial charge in [-0.2, -0.15) is 5.10 Å². The van der Waals surface area contributed by atoms with Gasteiger partial charge in [0.15, 0.2) is 0 Å². The molecule has 0 aliphatic rings. The maximum absolute atomic E-state index is 12.0. The van der Waals surface area contributed by atoms with Crippen LogP contribution in [0.25, 0.3) is 0 Å². The Morgan fingerprint density at radius 1 is 1.12 bits per heavy atom. The molecule has 0 fully saturated rings. The topological polar surface area (TPSA) is 109 Å². The van der Waals surface area contributed by atoms with Gasteiger partial charge in [-0.25, -0.2) is 9.59 Å². The van der Waals surface area contributed by atoms with Crippen LogP contribution in [0.2, 0.25) is 0 Å². The van der Waals surface area contributed by atoms with Crippen LogP contribution in [0.1, 0.15) is 0 Å². The predicted octanol–water partition coefficient (Wildman–Crippen LogP) is 2.48. The standard InChI is InChI=1S/C17H22N6O3/c1-3-8-18-16(24)20-13-4-6-14(7-5-13)21-17(25)22-15-11-19-23(12-15)9-10-26-2/h3-7,11-12H,1,8-10H2,2H3,(H2,18,20,24)(H2,21,22,25). The van der Waals surface area contributed by atoms with Gasteiger partial charge in [-0.1, -0.05) is 6.08 Å². The van der Waals surface area contributed by atoms with Gasteiger partial charge in [-0.05, 0) is 24.3 Å². The molecule has 26 heavy (non-hydrogen) atoms. The fraction of sp³-hybridized carbons (Fsp3) is 0.235. The van der Waals surface area contributed by atoms with E-state index in [0.717, 1.165) is 0 Å². The molecule has 0 bridgehead atoms. The van der Waals surface area contributed by atoms with Gasteiger partial charge in [0.1, 0.15) is 0 Å². The Bertz CT molecular complexity index is 741. The molecule has 0 spiro atoms. The Morgan fingerprint density at radius 2 is 1.73 bits per heavy atom. The van der Waals surface area contributed by atoms with Crippen LogP contribution in [0.3, 0.4) is 0 Å². The summed E-state index contributed by atoms with van der Waals surface area (Å²) in [5, 5.41) is 14.8. The van der Waals surface area contributed by atoms with Crippen LogP contribution in [0.4, 0.5) is 26.7 Å². The zero-order chi connectivity index (χ0) is 18.8. The molecule has 0 atom stereocenters. The van der Waals surface area contributed by atoms with Crippen LogP contribution in [0, 0.1) is 0 Å². The van der Waals surface area contributed by atoms with E-state index in [1.165, 1.54) is 0 Å². The molecular formula is C17H22N6O3. The highest BCUT2D eigenvalue weighted by Crippen LogP contribution is 2.14. The number of methoxy groups -OCH3 is 1. The number of hydrogen-bond donors (Lipinski definition) is 4. The van der Waals surface area contributed by atoms with E-state index < -0.39 is 0 Å². The van der Waals surface area contributed by atoms with Gasteiger partial charge in [0, 0.05) is 31.2 Å². The summed E-state index contributed by atoms with van der Waals surface area (Å²) in [5.41, 5.74) is 1.78. The first-order valence-electron chi connectivity index (χ1n) is 7.96. The van der Waals surface area contributed by atoms with Crippen LogP contribution in [-0.4, -0.2) is 42.1 Å². The second-order valence-electron chi connectivity index (χ2n) is 5.27. The number of ether oxygens (including phenoxy) is 1. The van der Waals surface area contributed by atoms with Crippen molar-refractivity contribution in [2.75, 3.05) is 36.2 Å². The molecule has 2 rings (SSSR count). The molecule has 9 heteroatoms. The number of rotatable bonds is 8. The Morgan fingerprint density at radius 3 is 2.35 bits per heavy atom. The van der Waals surface area contributed by atoms with E-state index in [-0.39, 0.29) is 12.1 Å². The smallest absolute Gasteiger partial charge is 0.323 e. The maximum Gasteiger partial charge on any atom is 0.323 e. The molecule has 4 N–H and O–H groups in total. The molecule has 9 nitrogen and oxygen atoms in total. The minimum absolute atomic E-state index is 0.325. The highest BCUT2D eigenvalue weighted by Gasteiger charge is 2.06. The number of nitrogens with zero attached hydrogens (tertiary/aromatic N) is 2. The Balaban J connectivity index is 1.82. The molecule has 0 aliphatic carbocycles. The SMILES string of the molecule is C=CCNC(=O)Nc1ccc(NC(=O)Nc2cnn(CCOC)c2)cc1. The summed E-state index contributed by atoms with van der Waals surface area (Å²) in [5.74, 6) is 0. The number of carbonyl (C=O) groups excluding carboxylic acids is 2. The van der Waals surface area contributed by atoms with Crippen LogP contribution < -0.4 is 21.3 Å². The molecular weight excluding hydrogens is 336 g/mol. The van der Waals surface area contributed by atoms with Gasteiger partial charge < -0.3 is 26.0 Å². The average molecular weight is 358 g/mol. The van der Waals surface area contributed by atoms with Crippen molar-refractivity contribution in [3.05, 3.63) is 49.3 Å². The van der Waals surface area contributed by atoms with Crippen molar-refractivity contribution in [2.24, 2.45) is 0 Å². The Kier molecular flexibility index (Phi) is 7.19. The first kappa shape index (κ1) is 19.0. The van der Waals surface area contributed by atoms with Crippen molar-refractivity contribution in [1.82, 2.24) is 15.1 Å². The van der Waals surface area contributed by atoms with Crippen LogP contribution >= 0.6 is 0 Å². The van der Waals surface area contributed by atoms with Gasteiger partial charge in [0.2, 0.25) is 0 Å². The molecule has 138 valence electrons. The van der Waals surface area contributed by atoms with E-state index in [4.69, 9.17) is 4.74 Å². The first-order chi connectivity index (χ1) is 12.6. The lowest BCUT2D eigenvalue weighted by molar-refractivity contribution is 0.183. The third-order valence-electron chi connectivity index (χ3n) is 3.22. The monoisotopic (exact) mass is 358 g/mol. The maximum atomic E-state index is 12.0. The van der Waals surface area contributed by atoms with E-state index in [2.05, 4.69) is 32.9 Å². The largest absolute Gasteiger partial charge is 0.383 e. The predicted molar refractivity (Wildman–Crippen MR) is 100 cm³/mol. The fourth-order valence-electron chi connectivity index (χ4n) is 2.01. The average Bonchev–Trinajstić information content (AvgIpc) is 3.07. The number of carbonyl (C=O) groups is 2. The highest BCUT2D eigenvalue weighted by atomic mass is 16.5. The summed E-state index contributed by atoms with van der Waals surface area (Å²) in [6.07, 6.45) is 4.87. The van der Waals surface area contributed by atoms with E-state index in [1.54, 1.807) is 54.5 Å². The normalized spacial score (nSPS) is 10.0. The molecule has 2 aromatic rings. The summed E-state index contributed by atoms with van der Waals surface area (Å²) in [6.45, 7) is 5.05. The molecule has 0 aliphatic heterocycles. The van der Waals surface area contributed by atoms with Crippen LogP contribution in [0.15, 0.2) is 49.3 Å². The van der Waals surface area contributed by atoms with Gasteiger partial charge in [-0.15, -0.1) is 6.58 Å². The van der Waals surface area contributed by atoms with E-state index in [0.29, 0.717) is 36.8 Å². The van der Waals surface area contributed by atoms with Gasteiger partial charge in [0.25, 0.3) is 0 Å². The van der Waals surface area contributed by atoms with Crippen LogP contribution in [-0.2, 0) is 11.3 Å². The molecule has 4 amide bonds. The van der Waals surface area contributed by atoms with Crippen molar-refractivity contribution in [2.45, 2.75) is 6.54 Å². The molecule has 0 saturated heterocycles. The number of amides is 4. The van der Waals surface area contributed by atoms with E-state index >= 15 is 0 Å². The lowest BCUT2D eigenvalue weighted by Gasteiger charge is -2.08. The summed E-state index contributed by atoms with van der Waals surface area (Å²) in [7, 11) is 1.62. The highest BCUT2D eigenvalue weighted by molar-refractivity contribution is 5.99. The summed E-state index contributed by atoms with van der Waals surface area (Å²) >= 11 is 0. The summed E-state index contributed by atoms with van der Waals surface area (Å²) in [4.78, 5) is 23.6. The quantitative estimate of drug-likeness (QED) is 0.544. The number of nitrogens with one attached hydrogen (secondary N) is 4. The molecule has 0 unspecified atom stereocenters. The van der Waals surface area contributed by atoms with E-state index in [1.807, 2.05) is 0 Å². The van der Waals surface area contributed by atoms with Crippen molar-refractivity contribution in [3.8, 4) is 0 Å². The minimum atomic E-state index is -0.388. The van der Waals surface area contributed by atoms with Crippen molar-refractivity contribution < 1.29 is 14.3 Å². The van der Waals surface area contributed by atoms with E-state index in [9.17, 15) is 9.59 Å². The van der Waals surface area contributed by atoms with Crippen molar-refractivity contribution in [3.63, 3.8) is 0 Å². The molecule has 0 radical (unpaired) electrons. The van der Waals surface area contributed by atoms with Crippen molar-refractivity contribution in [1.29, 1.82) is 0 Å². The molecule has 1 heterocycles. The lowest BCUT2D eigenvalue weighted by atomic mass is 10.3. The number of anilines is 3. The molecule has 1 aromatic heterocycles. The molecule has 0 saturated carbocycles. The van der Waals surface area contributed by atoms with Crippen molar-refractivity contribution >= 4 is 29.1 Å². The second-order valence-corrected chi connectivity index (χ2v) is 5.27. The zero-order valence-corrected chi connectivity index (χ0v) is 14.5. The van der Waals surface area contributed by atoms with Gasteiger partial charge in [0.05, 0.1) is 25.0 Å². The van der Waals surface area contributed by atoms with Gasteiger partial charge >= 0.3 is 12.1 Å². The minimum Gasteiger partial charge on any atom is -0.383 e. The first-order valence-corrected chi connectivity index (χ1v) is 7.96. The Hall–Kier alpha value is -3.33. The third kappa shape index (κ3) is 6.29. The number of urea groups is 2. The van der Waals surface area contributed by atoms with Crippen LogP contribution in [0.5, 0.6) is 0 Å². The summed E-state index contributed by atoms with van der Waals surface area (Å²) < 4.78 is 6.65. The fourth-order valence-corrected chi connectivity index (χ4v) is 2.01. The lowest BCUT2D eigenvalue weighted by Crippen LogP contribution is -2.28. The second kappa shape index (κ2) is 9.84. The Labute approximate surface area is 151 Å². The molecule has 1 aromatic carbocycles. The van der Waals surface area contributed by atoms with Gasteiger partial charge in [-0.3, -0.25) is 4.68 Å². The number of benzene rings is 1. The number of aromatic nitrogens is 2. The number of hydrogen-bond acceptors (Lipinski definition) is 4.